The normalized spacial score (nSPS) is 21.7. The van der Waals surface area contributed by atoms with Crippen LogP contribution in [0.25, 0.3) is 0 Å². The molecule has 0 spiro atoms. The average molecular weight is 644 g/mol. The molecular weight excluding hydrogens is 619 g/mol. The average Bonchev–Trinajstić information content (AvgIpc) is 2.90. The zero-order valence-corrected chi connectivity index (χ0v) is 25.1. The van der Waals surface area contributed by atoms with Crippen molar-refractivity contribution in [2.24, 2.45) is 0 Å². The number of Topliss-reactive ketones (excluding diaryl/α,β-unsaturated/α-hetero) is 1. The van der Waals surface area contributed by atoms with Crippen LogP contribution in [0.15, 0.2) is 47.4 Å². The van der Waals surface area contributed by atoms with E-state index in [1.54, 1.807) is 30.3 Å². The Bertz CT molecular complexity index is 1340. The van der Waals surface area contributed by atoms with Gasteiger partial charge in [-0.05, 0) is 48.4 Å². The number of ether oxygens (including phenoxy) is 5. The second kappa shape index (κ2) is 15.4. The fraction of sp³-hybridized carbons (Fsp3) is 0.357. The van der Waals surface area contributed by atoms with Gasteiger partial charge in [-0.2, -0.15) is 0 Å². The van der Waals surface area contributed by atoms with E-state index in [2.05, 4.69) is 11.8 Å². The fourth-order valence-electron chi connectivity index (χ4n) is 3.76. The number of halogens is 3. The first-order chi connectivity index (χ1) is 19.4. The third-order valence-electron chi connectivity index (χ3n) is 5.45. The minimum absolute atomic E-state index is 0.291. The highest BCUT2D eigenvalue weighted by atomic mass is 35.5. The van der Waals surface area contributed by atoms with Crippen LogP contribution in [-0.4, -0.2) is 66.8 Å². The van der Waals surface area contributed by atoms with Gasteiger partial charge in [-0.15, -0.1) is 0 Å². The molecule has 2 aromatic carbocycles. The van der Waals surface area contributed by atoms with Crippen molar-refractivity contribution in [1.29, 1.82) is 0 Å². The lowest BCUT2D eigenvalue weighted by molar-refractivity contribution is -0.237. The number of hydrogen-bond acceptors (Lipinski definition) is 10. The molecule has 0 amide bonds. The number of thioether (sulfide) groups is 1. The molecule has 1 aliphatic rings. The first kappa shape index (κ1) is 32.7. The number of carbonyl (C=O) groups is 4. The van der Waals surface area contributed by atoms with Crippen LogP contribution in [0.1, 0.15) is 31.1 Å². The Balaban J connectivity index is 1.92. The smallest absolute Gasteiger partial charge is 0.303 e. The molecule has 2 aromatic rings. The summed E-state index contributed by atoms with van der Waals surface area (Å²) in [6.45, 7) is 3.01. The van der Waals surface area contributed by atoms with Crippen molar-refractivity contribution in [3.8, 4) is 11.8 Å². The summed E-state index contributed by atoms with van der Waals surface area (Å²) in [7, 11) is 0. The van der Waals surface area contributed by atoms with Gasteiger partial charge < -0.3 is 23.7 Å². The lowest BCUT2D eigenvalue weighted by Crippen LogP contribution is -2.61. The Morgan fingerprint density at radius 1 is 0.854 bits per heavy atom. The number of rotatable bonds is 9. The molecule has 0 unspecified atom stereocenters. The summed E-state index contributed by atoms with van der Waals surface area (Å²) in [6.07, 6.45) is -4.44. The van der Waals surface area contributed by atoms with Crippen LogP contribution in [0, 0.1) is 11.8 Å². The van der Waals surface area contributed by atoms with Crippen LogP contribution in [-0.2, 0) is 38.1 Å². The van der Waals surface area contributed by atoms with Gasteiger partial charge in [0.2, 0.25) is 5.78 Å². The Morgan fingerprint density at radius 3 is 2.12 bits per heavy atom. The predicted molar refractivity (Wildman–Crippen MR) is 152 cm³/mol. The summed E-state index contributed by atoms with van der Waals surface area (Å²) in [4.78, 5) is 48.8. The molecule has 1 fully saturated rings. The first-order valence-corrected chi connectivity index (χ1v) is 14.1. The Hall–Kier alpha value is -2.78. The molecule has 0 aliphatic carbocycles. The van der Waals surface area contributed by atoms with E-state index in [9.17, 15) is 19.2 Å². The van der Waals surface area contributed by atoms with Gasteiger partial charge in [-0.25, -0.2) is 0 Å². The molecular formula is C28H25Cl3O9S. The van der Waals surface area contributed by atoms with Crippen LogP contribution in [0.3, 0.4) is 0 Å². The molecule has 5 atom stereocenters. The maximum atomic E-state index is 12.4. The zero-order chi connectivity index (χ0) is 30.1. The molecule has 0 saturated carbocycles. The molecule has 1 saturated heterocycles. The summed E-state index contributed by atoms with van der Waals surface area (Å²) in [5.74, 6) is 2.72. The van der Waals surface area contributed by atoms with Gasteiger partial charge in [0.1, 0.15) is 30.9 Å². The first-order valence-electron chi connectivity index (χ1n) is 12.1. The standard InChI is InChI=1S/C28H25Cl3O9S/c1-15(32)37-14-24-25(38-16(2)33)26(36-12-4-5-23(35)18-6-8-19(29)9-7-18)27(39-17(3)34)28(40-24)41-20-10-11-21(30)22(31)13-20/h6-11,13,24-28H,12,14H2,1-3H3/t24-,25+,26+,27-,28-/m1/s1. The molecule has 0 radical (unpaired) electrons. The molecule has 1 aliphatic heterocycles. The number of esters is 3. The van der Waals surface area contributed by atoms with E-state index in [4.69, 9.17) is 58.5 Å². The molecule has 218 valence electrons. The highest BCUT2D eigenvalue weighted by Crippen LogP contribution is 2.39. The fourth-order valence-corrected chi connectivity index (χ4v) is 5.39. The van der Waals surface area contributed by atoms with E-state index in [1.165, 1.54) is 32.9 Å². The van der Waals surface area contributed by atoms with Crippen molar-refractivity contribution in [3.05, 3.63) is 63.1 Å². The van der Waals surface area contributed by atoms with Gasteiger partial charge in [0.05, 0.1) is 10.0 Å². The van der Waals surface area contributed by atoms with Crippen molar-refractivity contribution < 1.29 is 42.9 Å². The van der Waals surface area contributed by atoms with Crippen LogP contribution >= 0.6 is 46.6 Å². The molecule has 9 nitrogen and oxygen atoms in total. The maximum Gasteiger partial charge on any atom is 0.303 e. The number of carbonyl (C=O) groups excluding carboxylic acids is 4. The van der Waals surface area contributed by atoms with E-state index in [-0.39, 0.29) is 13.2 Å². The molecule has 0 aromatic heterocycles. The van der Waals surface area contributed by atoms with E-state index < -0.39 is 53.5 Å². The molecule has 0 bridgehead atoms. The Kier molecular flexibility index (Phi) is 12.3. The van der Waals surface area contributed by atoms with Gasteiger partial charge in [0, 0.05) is 36.3 Å². The van der Waals surface area contributed by atoms with Gasteiger partial charge in [0.15, 0.2) is 12.2 Å². The zero-order valence-electron chi connectivity index (χ0n) is 22.1. The highest BCUT2D eigenvalue weighted by molar-refractivity contribution is 7.99. The van der Waals surface area contributed by atoms with Gasteiger partial charge >= 0.3 is 17.9 Å². The quantitative estimate of drug-likeness (QED) is 0.119. The van der Waals surface area contributed by atoms with Crippen molar-refractivity contribution in [1.82, 2.24) is 0 Å². The van der Waals surface area contributed by atoms with E-state index >= 15 is 0 Å². The van der Waals surface area contributed by atoms with Crippen LogP contribution in [0.4, 0.5) is 0 Å². The third-order valence-corrected chi connectivity index (χ3v) is 7.57. The van der Waals surface area contributed by atoms with Crippen LogP contribution < -0.4 is 0 Å². The SMILES string of the molecule is CC(=O)OC[C@H]1O[C@H](Sc2ccc(Cl)c(Cl)c2)[C@H](OC(C)=O)[C@@H](OCC#CC(=O)c2ccc(Cl)cc2)[C@H]1OC(C)=O. The molecule has 0 N–H and O–H groups in total. The molecule has 1 heterocycles. The summed E-state index contributed by atoms with van der Waals surface area (Å²) in [5, 5.41) is 1.11. The predicted octanol–water partition coefficient (Wildman–Crippen LogP) is 5.16. The summed E-state index contributed by atoms with van der Waals surface area (Å²) >= 11 is 19.2. The van der Waals surface area contributed by atoms with Gasteiger partial charge in [-0.3, -0.25) is 19.2 Å². The van der Waals surface area contributed by atoms with E-state index in [0.29, 0.717) is 25.5 Å². The summed E-state index contributed by atoms with van der Waals surface area (Å²) < 4.78 is 28.4. The maximum absolute atomic E-state index is 12.4. The number of hydrogen-bond donors (Lipinski definition) is 0. The van der Waals surface area contributed by atoms with Gasteiger partial charge in [0.25, 0.3) is 0 Å². The molecule has 13 heteroatoms. The second-order valence-corrected chi connectivity index (χ2v) is 11.0. The minimum Gasteiger partial charge on any atom is -0.463 e. The van der Waals surface area contributed by atoms with Crippen molar-refractivity contribution in [2.75, 3.05) is 13.2 Å². The van der Waals surface area contributed by atoms with Crippen molar-refractivity contribution in [3.63, 3.8) is 0 Å². The second-order valence-electron chi connectivity index (χ2n) is 8.60. The Labute approximate surface area is 256 Å². The van der Waals surface area contributed by atoms with E-state index in [1.807, 2.05) is 0 Å². The van der Waals surface area contributed by atoms with Crippen molar-refractivity contribution in [2.45, 2.75) is 55.5 Å². The Morgan fingerprint density at radius 2 is 1.51 bits per heavy atom. The van der Waals surface area contributed by atoms with Crippen LogP contribution in [0.2, 0.25) is 15.1 Å². The highest BCUT2D eigenvalue weighted by Gasteiger charge is 2.51. The summed E-state index contributed by atoms with van der Waals surface area (Å²) in [5.41, 5.74) is -0.597. The van der Waals surface area contributed by atoms with Crippen LogP contribution in [0.5, 0.6) is 0 Å². The number of benzene rings is 2. The molecule has 3 rings (SSSR count). The molecule has 41 heavy (non-hydrogen) atoms. The van der Waals surface area contributed by atoms with Crippen molar-refractivity contribution >= 4 is 70.3 Å². The minimum atomic E-state index is -1.17. The monoisotopic (exact) mass is 642 g/mol. The topological polar surface area (TPSA) is 114 Å². The van der Waals surface area contributed by atoms with E-state index in [0.717, 1.165) is 11.8 Å². The third kappa shape index (κ3) is 9.92. The largest absolute Gasteiger partial charge is 0.463 e. The lowest BCUT2D eigenvalue weighted by atomic mass is 9.99. The van der Waals surface area contributed by atoms with Gasteiger partial charge in [-0.1, -0.05) is 52.5 Å². The number of ketones is 1. The summed E-state index contributed by atoms with van der Waals surface area (Å²) in [6, 6.07) is 11.1. The lowest BCUT2D eigenvalue weighted by Gasteiger charge is -2.44.